The first kappa shape index (κ1) is 13.9. The fourth-order valence-corrected chi connectivity index (χ4v) is 1.68. The van der Waals surface area contributed by atoms with E-state index in [1.165, 1.54) is 13.2 Å². The summed E-state index contributed by atoms with van der Waals surface area (Å²) in [7, 11) is 1.43. The van der Waals surface area contributed by atoms with Crippen LogP contribution in [-0.2, 0) is 6.42 Å². The third-order valence-corrected chi connectivity index (χ3v) is 3.30. The van der Waals surface area contributed by atoms with E-state index in [4.69, 9.17) is 10.5 Å². The highest BCUT2D eigenvalue weighted by Crippen LogP contribution is 2.27. The second kappa shape index (κ2) is 5.47. The normalized spacial score (nSPS) is 16.4. The molecule has 0 bridgehead atoms. The summed E-state index contributed by atoms with van der Waals surface area (Å²) < 4.78 is 18.4. The highest BCUT2D eigenvalue weighted by molar-refractivity contribution is 5.30. The van der Waals surface area contributed by atoms with Gasteiger partial charge in [0.25, 0.3) is 0 Å². The van der Waals surface area contributed by atoms with E-state index >= 15 is 0 Å². The van der Waals surface area contributed by atoms with Gasteiger partial charge in [-0.15, -0.1) is 0 Å². The molecule has 1 aromatic rings. The number of ether oxygens (including phenoxy) is 1. The second-order valence-electron chi connectivity index (χ2n) is 4.68. The summed E-state index contributed by atoms with van der Waals surface area (Å²) in [5.41, 5.74) is 6.03. The molecule has 0 amide bonds. The predicted octanol–water partition coefficient (Wildman–Crippen LogP) is 1.72. The number of rotatable bonds is 5. The van der Waals surface area contributed by atoms with Crippen LogP contribution in [0.5, 0.6) is 5.75 Å². The first-order chi connectivity index (χ1) is 7.92. The van der Waals surface area contributed by atoms with Crippen LogP contribution in [0.2, 0.25) is 0 Å². The maximum absolute atomic E-state index is 13.5. The fourth-order valence-electron chi connectivity index (χ4n) is 1.68. The van der Waals surface area contributed by atoms with E-state index in [-0.39, 0.29) is 5.75 Å². The van der Waals surface area contributed by atoms with Crippen LogP contribution in [0, 0.1) is 11.2 Å². The standard InChI is InChI=1S/C13H20FNO2/c1-9(16)13(2,8-15)7-10-4-5-12(17-3)11(14)6-10/h4-6,9,16H,7-8,15H2,1-3H3. The lowest BCUT2D eigenvalue weighted by molar-refractivity contribution is 0.0588. The number of hydrogen-bond acceptors (Lipinski definition) is 3. The van der Waals surface area contributed by atoms with Crippen LogP contribution in [0.25, 0.3) is 0 Å². The molecule has 0 fully saturated rings. The molecule has 0 saturated carbocycles. The van der Waals surface area contributed by atoms with Crippen molar-refractivity contribution in [3.05, 3.63) is 29.6 Å². The van der Waals surface area contributed by atoms with Gasteiger partial charge in [-0.05, 0) is 31.0 Å². The Kier molecular flexibility index (Phi) is 4.48. The van der Waals surface area contributed by atoms with Crippen molar-refractivity contribution in [2.24, 2.45) is 11.1 Å². The van der Waals surface area contributed by atoms with E-state index in [1.54, 1.807) is 19.1 Å². The largest absolute Gasteiger partial charge is 0.494 e. The Morgan fingerprint density at radius 1 is 1.53 bits per heavy atom. The Morgan fingerprint density at radius 3 is 2.59 bits per heavy atom. The quantitative estimate of drug-likeness (QED) is 0.825. The molecule has 1 aromatic carbocycles. The molecule has 4 heteroatoms. The molecular formula is C13H20FNO2. The molecule has 0 aliphatic rings. The van der Waals surface area contributed by atoms with Crippen LogP contribution >= 0.6 is 0 Å². The average molecular weight is 241 g/mol. The highest BCUT2D eigenvalue weighted by atomic mass is 19.1. The Hall–Kier alpha value is -1.13. The van der Waals surface area contributed by atoms with Gasteiger partial charge in [0, 0.05) is 12.0 Å². The van der Waals surface area contributed by atoms with Gasteiger partial charge in [0.15, 0.2) is 11.6 Å². The van der Waals surface area contributed by atoms with Crippen LogP contribution in [0.15, 0.2) is 18.2 Å². The number of hydrogen-bond donors (Lipinski definition) is 2. The van der Waals surface area contributed by atoms with E-state index < -0.39 is 17.3 Å². The van der Waals surface area contributed by atoms with Crippen molar-refractivity contribution in [3.8, 4) is 5.75 Å². The smallest absolute Gasteiger partial charge is 0.165 e. The van der Waals surface area contributed by atoms with Crippen molar-refractivity contribution in [2.75, 3.05) is 13.7 Å². The zero-order valence-corrected chi connectivity index (χ0v) is 10.5. The zero-order valence-electron chi connectivity index (χ0n) is 10.5. The van der Waals surface area contributed by atoms with E-state index in [9.17, 15) is 9.50 Å². The van der Waals surface area contributed by atoms with Gasteiger partial charge in [0.2, 0.25) is 0 Å². The Balaban J connectivity index is 2.91. The molecule has 0 heterocycles. The van der Waals surface area contributed by atoms with Gasteiger partial charge in [0.05, 0.1) is 13.2 Å². The summed E-state index contributed by atoms with van der Waals surface area (Å²) in [6, 6.07) is 4.80. The number of aliphatic hydroxyl groups excluding tert-OH is 1. The van der Waals surface area contributed by atoms with E-state index in [2.05, 4.69) is 0 Å². The van der Waals surface area contributed by atoms with Gasteiger partial charge in [-0.25, -0.2) is 4.39 Å². The summed E-state index contributed by atoms with van der Waals surface area (Å²) in [5.74, 6) is -0.171. The number of methoxy groups -OCH3 is 1. The fraction of sp³-hybridized carbons (Fsp3) is 0.538. The minimum atomic E-state index is -0.544. The minimum Gasteiger partial charge on any atom is -0.494 e. The molecule has 3 N–H and O–H groups in total. The number of nitrogens with two attached hydrogens (primary N) is 1. The molecule has 3 nitrogen and oxygen atoms in total. The highest BCUT2D eigenvalue weighted by Gasteiger charge is 2.28. The molecule has 17 heavy (non-hydrogen) atoms. The van der Waals surface area contributed by atoms with Crippen LogP contribution in [0.1, 0.15) is 19.4 Å². The van der Waals surface area contributed by atoms with Crippen molar-refractivity contribution in [1.29, 1.82) is 0 Å². The topological polar surface area (TPSA) is 55.5 Å². The van der Waals surface area contributed by atoms with Crippen LogP contribution in [-0.4, -0.2) is 24.9 Å². The van der Waals surface area contributed by atoms with Gasteiger partial charge in [-0.3, -0.25) is 0 Å². The third kappa shape index (κ3) is 3.17. The van der Waals surface area contributed by atoms with Gasteiger partial charge < -0.3 is 15.6 Å². The number of halogens is 1. The van der Waals surface area contributed by atoms with Gasteiger partial charge in [-0.2, -0.15) is 0 Å². The van der Waals surface area contributed by atoms with Gasteiger partial charge in [-0.1, -0.05) is 13.0 Å². The lowest BCUT2D eigenvalue weighted by Crippen LogP contribution is -2.39. The molecule has 0 aliphatic heterocycles. The SMILES string of the molecule is COc1ccc(CC(C)(CN)C(C)O)cc1F. The molecule has 1 rings (SSSR count). The van der Waals surface area contributed by atoms with E-state index in [0.29, 0.717) is 13.0 Å². The van der Waals surface area contributed by atoms with Crippen molar-refractivity contribution in [3.63, 3.8) is 0 Å². The number of aliphatic hydroxyl groups is 1. The maximum atomic E-state index is 13.5. The Bertz CT molecular complexity index is 382. The zero-order chi connectivity index (χ0) is 13.1. The third-order valence-electron chi connectivity index (χ3n) is 3.30. The summed E-state index contributed by atoms with van der Waals surface area (Å²) >= 11 is 0. The lowest BCUT2D eigenvalue weighted by Gasteiger charge is -2.31. The molecule has 96 valence electrons. The molecule has 0 radical (unpaired) electrons. The first-order valence-electron chi connectivity index (χ1n) is 5.63. The van der Waals surface area contributed by atoms with Crippen molar-refractivity contribution in [2.45, 2.75) is 26.4 Å². The minimum absolute atomic E-state index is 0.222. The molecule has 0 saturated heterocycles. The van der Waals surface area contributed by atoms with Crippen molar-refractivity contribution < 1.29 is 14.2 Å². The number of benzene rings is 1. The summed E-state index contributed by atoms with van der Waals surface area (Å²) in [5, 5.41) is 9.70. The van der Waals surface area contributed by atoms with Crippen LogP contribution in [0.4, 0.5) is 4.39 Å². The van der Waals surface area contributed by atoms with Gasteiger partial charge in [0.1, 0.15) is 0 Å². The first-order valence-corrected chi connectivity index (χ1v) is 5.63. The summed E-state index contributed by atoms with van der Waals surface area (Å²) in [4.78, 5) is 0. The van der Waals surface area contributed by atoms with Crippen LogP contribution in [0.3, 0.4) is 0 Å². The molecule has 2 unspecified atom stereocenters. The van der Waals surface area contributed by atoms with E-state index in [1.807, 2.05) is 6.92 Å². The lowest BCUT2D eigenvalue weighted by atomic mass is 9.79. The molecular weight excluding hydrogens is 221 g/mol. The molecule has 0 spiro atoms. The predicted molar refractivity (Wildman–Crippen MR) is 65.5 cm³/mol. The summed E-state index contributed by atoms with van der Waals surface area (Å²) in [6.07, 6.45) is -0.0140. The monoisotopic (exact) mass is 241 g/mol. The molecule has 0 aliphatic carbocycles. The van der Waals surface area contributed by atoms with E-state index in [0.717, 1.165) is 5.56 Å². The maximum Gasteiger partial charge on any atom is 0.165 e. The Morgan fingerprint density at radius 2 is 2.18 bits per heavy atom. The van der Waals surface area contributed by atoms with Crippen LogP contribution < -0.4 is 10.5 Å². The van der Waals surface area contributed by atoms with Crippen molar-refractivity contribution in [1.82, 2.24) is 0 Å². The van der Waals surface area contributed by atoms with Gasteiger partial charge >= 0.3 is 0 Å². The average Bonchev–Trinajstić information content (AvgIpc) is 2.29. The summed E-state index contributed by atoms with van der Waals surface area (Å²) in [6.45, 7) is 3.94. The Labute approximate surface area is 101 Å². The second-order valence-corrected chi connectivity index (χ2v) is 4.68. The molecule has 2 atom stereocenters. The van der Waals surface area contributed by atoms with Crippen molar-refractivity contribution >= 4 is 0 Å². The molecule has 0 aromatic heterocycles.